The number of H-pyrrole nitrogens is 1. The number of aromatic amines is 1. The van der Waals surface area contributed by atoms with Gasteiger partial charge in [-0.3, -0.25) is 4.79 Å². The zero-order chi connectivity index (χ0) is 20.0. The zero-order valence-electron chi connectivity index (χ0n) is 16.2. The van der Waals surface area contributed by atoms with Crippen LogP contribution < -0.4 is 0 Å². The number of imidazole rings is 1. The van der Waals surface area contributed by atoms with E-state index in [4.69, 9.17) is 0 Å². The van der Waals surface area contributed by atoms with Crippen molar-refractivity contribution in [2.24, 2.45) is 10.2 Å². The van der Waals surface area contributed by atoms with Crippen molar-refractivity contribution < 1.29 is 9.90 Å². The summed E-state index contributed by atoms with van der Waals surface area (Å²) in [6.45, 7) is 8.77. The van der Waals surface area contributed by atoms with Gasteiger partial charge >= 0.3 is 0 Å². The van der Waals surface area contributed by atoms with E-state index < -0.39 is 5.91 Å². The van der Waals surface area contributed by atoms with Crippen LogP contribution in [0.15, 0.2) is 40.6 Å². The summed E-state index contributed by atoms with van der Waals surface area (Å²) >= 11 is 0. The molecule has 142 valence electrons. The van der Waals surface area contributed by atoms with Crippen LogP contribution in [-0.2, 0) is 6.54 Å². The first-order valence-electron chi connectivity index (χ1n) is 9.14. The minimum atomic E-state index is -0.483. The van der Waals surface area contributed by atoms with Gasteiger partial charge in [-0.15, -0.1) is 10.2 Å². The molecule has 0 atom stereocenters. The van der Waals surface area contributed by atoms with E-state index >= 15 is 0 Å². The Morgan fingerprint density at radius 1 is 1.21 bits per heavy atom. The lowest BCUT2D eigenvalue weighted by molar-refractivity contribution is 0.0995. The summed E-state index contributed by atoms with van der Waals surface area (Å²) in [7, 11) is 0. The van der Waals surface area contributed by atoms with Crippen LogP contribution in [0.4, 0.5) is 5.69 Å². The lowest BCUT2D eigenvalue weighted by Gasteiger charge is -2.01. The fraction of sp³-hybridized carbons (Fsp3) is 0.238. The molecule has 0 bridgehead atoms. The highest BCUT2D eigenvalue weighted by atomic mass is 16.3. The second kappa shape index (κ2) is 6.60. The minimum Gasteiger partial charge on any atom is -0.493 e. The number of hydrogen-bond acceptors (Lipinski definition) is 4. The van der Waals surface area contributed by atoms with Crippen molar-refractivity contribution in [1.82, 2.24) is 14.5 Å². The van der Waals surface area contributed by atoms with Crippen LogP contribution in [0.2, 0.25) is 0 Å². The van der Waals surface area contributed by atoms with E-state index in [1.54, 1.807) is 12.1 Å². The van der Waals surface area contributed by atoms with E-state index in [1.165, 1.54) is 0 Å². The van der Waals surface area contributed by atoms with Crippen LogP contribution in [-0.4, -0.2) is 25.5 Å². The Hall–Kier alpha value is -3.48. The molecule has 0 unspecified atom stereocenters. The lowest BCUT2D eigenvalue weighted by Crippen LogP contribution is -1.97. The van der Waals surface area contributed by atoms with Crippen molar-refractivity contribution in [2.75, 3.05) is 0 Å². The second-order valence-electron chi connectivity index (χ2n) is 6.86. The summed E-state index contributed by atoms with van der Waals surface area (Å²) in [6.07, 6.45) is 0. The number of nitrogens with one attached hydrogen (secondary N) is 1. The second-order valence-corrected chi connectivity index (χ2v) is 6.86. The first-order valence-corrected chi connectivity index (χ1v) is 9.14. The molecule has 0 aliphatic rings. The molecule has 0 aliphatic heterocycles. The van der Waals surface area contributed by atoms with Gasteiger partial charge < -0.3 is 14.7 Å². The monoisotopic (exact) mass is 375 g/mol. The summed E-state index contributed by atoms with van der Waals surface area (Å²) in [5.41, 5.74) is 5.31. The summed E-state index contributed by atoms with van der Waals surface area (Å²) in [6, 6.07) is 9.12. The number of aryl methyl sites for hydroxylation is 4. The van der Waals surface area contributed by atoms with Gasteiger partial charge in [0.2, 0.25) is 5.88 Å². The maximum atomic E-state index is 12.5. The number of fused-ring (bicyclic) bond motifs is 2. The number of carbonyl (C=O) groups excluding carboxylic acids is 1. The number of benzene rings is 2. The first-order chi connectivity index (χ1) is 13.4. The Balaban J connectivity index is 1.70. The number of aromatic nitrogens is 3. The third kappa shape index (κ3) is 2.76. The van der Waals surface area contributed by atoms with E-state index in [0.717, 1.165) is 45.4 Å². The first kappa shape index (κ1) is 17.9. The fourth-order valence-corrected chi connectivity index (χ4v) is 3.52. The molecule has 1 amide bonds. The minimum absolute atomic E-state index is 0.104. The van der Waals surface area contributed by atoms with Crippen LogP contribution in [0.5, 0.6) is 5.88 Å². The van der Waals surface area contributed by atoms with E-state index in [-0.39, 0.29) is 11.6 Å². The van der Waals surface area contributed by atoms with Gasteiger partial charge in [0.05, 0.1) is 16.6 Å². The molecule has 7 heteroatoms. The number of aromatic hydroxyl groups is 1. The molecule has 4 aromatic rings. The molecule has 7 nitrogen and oxygen atoms in total. The van der Waals surface area contributed by atoms with Crippen LogP contribution >= 0.6 is 0 Å². The third-order valence-electron chi connectivity index (χ3n) is 5.20. The Labute approximate surface area is 161 Å². The highest BCUT2D eigenvalue weighted by Crippen LogP contribution is 2.37. The Bertz CT molecular complexity index is 1260. The molecule has 28 heavy (non-hydrogen) atoms. The standard InChI is InChI=1S/C21H21N5O2/c1-5-26-13(4)22-16-10-14(7-9-17(16)26)20(27)25-24-19-15-8-6-11(2)12(3)18(15)23-21(19)28/h6-10,23,28H,5H2,1-4H3. The molecule has 2 heterocycles. The summed E-state index contributed by atoms with van der Waals surface area (Å²) in [5.74, 6) is 0.314. The van der Waals surface area contributed by atoms with Crippen LogP contribution in [0.3, 0.4) is 0 Å². The van der Waals surface area contributed by atoms with Gasteiger partial charge in [-0.25, -0.2) is 4.98 Å². The van der Waals surface area contributed by atoms with E-state index in [2.05, 4.69) is 31.7 Å². The molecule has 2 aromatic carbocycles. The van der Waals surface area contributed by atoms with E-state index in [1.807, 2.05) is 39.0 Å². The molecule has 2 N–H and O–H groups in total. The van der Waals surface area contributed by atoms with Gasteiger partial charge in [0, 0.05) is 17.5 Å². The van der Waals surface area contributed by atoms with Gasteiger partial charge in [-0.2, -0.15) is 0 Å². The van der Waals surface area contributed by atoms with Crippen molar-refractivity contribution in [1.29, 1.82) is 0 Å². The average molecular weight is 375 g/mol. The summed E-state index contributed by atoms with van der Waals surface area (Å²) in [5, 5.41) is 18.8. The number of rotatable bonds is 3. The van der Waals surface area contributed by atoms with Crippen molar-refractivity contribution in [3.63, 3.8) is 0 Å². The molecular formula is C21H21N5O2. The smallest absolute Gasteiger partial charge is 0.295 e. The van der Waals surface area contributed by atoms with Gasteiger partial charge in [0.15, 0.2) is 5.69 Å². The number of nitrogens with zero attached hydrogens (tertiary/aromatic N) is 4. The Morgan fingerprint density at radius 3 is 2.75 bits per heavy atom. The van der Waals surface area contributed by atoms with E-state index in [9.17, 15) is 9.90 Å². The van der Waals surface area contributed by atoms with E-state index in [0.29, 0.717) is 5.56 Å². The zero-order valence-corrected chi connectivity index (χ0v) is 16.2. The fourth-order valence-electron chi connectivity index (χ4n) is 3.52. The molecule has 4 rings (SSSR count). The van der Waals surface area contributed by atoms with Crippen molar-refractivity contribution in [2.45, 2.75) is 34.2 Å². The molecule has 2 aromatic heterocycles. The highest BCUT2D eigenvalue weighted by Gasteiger charge is 2.15. The predicted molar refractivity (Wildman–Crippen MR) is 108 cm³/mol. The Kier molecular flexibility index (Phi) is 4.22. The Morgan fingerprint density at radius 2 is 2.00 bits per heavy atom. The van der Waals surface area contributed by atoms with Crippen LogP contribution in [0.25, 0.3) is 21.9 Å². The SMILES string of the molecule is CCn1c(C)nc2cc(C(=O)N=Nc3c(O)[nH]c4c(C)c(C)ccc34)ccc21. The number of hydrogen-bond donors (Lipinski definition) is 2. The number of carbonyl (C=O) groups is 1. The topological polar surface area (TPSA) is 95.6 Å². The van der Waals surface area contributed by atoms with Crippen molar-refractivity contribution in [3.8, 4) is 5.88 Å². The van der Waals surface area contributed by atoms with Gasteiger partial charge in [0.25, 0.3) is 5.91 Å². The van der Waals surface area contributed by atoms with Crippen LogP contribution in [0, 0.1) is 20.8 Å². The number of azo groups is 1. The quantitative estimate of drug-likeness (QED) is 0.488. The maximum Gasteiger partial charge on any atom is 0.295 e. The third-order valence-corrected chi connectivity index (χ3v) is 5.20. The lowest BCUT2D eigenvalue weighted by atomic mass is 10.1. The highest BCUT2D eigenvalue weighted by molar-refractivity contribution is 5.99. The average Bonchev–Trinajstić information content (AvgIpc) is 3.17. The van der Waals surface area contributed by atoms with Crippen LogP contribution in [0.1, 0.15) is 34.2 Å². The molecule has 0 radical (unpaired) electrons. The molecular weight excluding hydrogens is 354 g/mol. The summed E-state index contributed by atoms with van der Waals surface area (Å²) in [4.78, 5) is 19.9. The normalized spacial score (nSPS) is 11.9. The van der Waals surface area contributed by atoms with Gasteiger partial charge in [0.1, 0.15) is 5.82 Å². The molecule has 0 saturated heterocycles. The maximum absolute atomic E-state index is 12.5. The summed E-state index contributed by atoms with van der Waals surface area (Å²) < 4.78 is 2.08. The van der Waals surface area contributed by atoms with Crippen molar-refractivity contribution in [3.05, 3.63) is 52.8 Å². The molecule has 0 fully saturated rings. The van der Waals surface area contributed by atoms with Gasteiger partial charge in [-0.1, -0.05) is 12.1 Å². The van der Waals surface area contributed by atoms with Crippen molar-refractivity contribution >= 4 is 33.5 Å². The molecule has 0 spiro atoms. The largest absolute Gasteiger partial charge is 0.493 e. The molecule has 0 saturated carbocycles. The van der Waals surface area contributed by atoms with Gasteiger partial charge in [-0.05, 0) is 57.0 Å². The molecule has 0 aliphatic carbocycles. The predicted octanol–water partition coefficient (Wildman–Crippen LogP) is 5.09. The number of amides is 1.